The summed E-state index contributed by atoms with van der Waals surface area (Å²) in [5.74, 6) is 1.70. The number of para-hydroxylation sites is 2. The Bertz CT molecular complexity index is 1010. The molecule has 0 aliphatic carbocycles. The third kappa shape index (κ3) is 5.21. The van der Waals surface area contributed by atoms with Crippen molar-refractivity contribution in [2.75, 3.05) is 33.4 Å². The second-order valence-corrected chi connectivity index (χ2v) is 9.50. The van der Waals surface area contributed by atoms with Gasteiger partial charge in [-0.05, 0) is 68.7 Å². The van der Waals surface area contributed by atoms with Gasteiger partial charge in [0.2, 0.25) is 5.91 Å². The van der Waals surface area contributed by atoms with E-state index in [1.807, 2.05) is 42.2 Å². The molecule has 182 valence electrons. The number of carbonyl (C=O) groups is 2. The van der Waals surface area contributed by atoms with Crippen LogP contribution in [0.4, 0.5) is 0 Å². The third-order valence-corrected chi connectivity index (χ3v) is 7.32. The van der Waals surface area contributed by atoms with Crippen LogP contribution in [0.5, 0.6) is 11.5 Å². The van der Waals surface area contributed by atoms with Crippen molar-refractivity contribution in [3.05, 3.63) is 59.2 Å². The van der Waals surface area contributed by atoms with Crippen LogP contribution in [0.3, 0.4) is 0 Å². The van der Waals surface area contributed by atoms with Crippen LogP contribution in [-0.2, 0) is 11.2 Å². The van der Waals surface area contributed by atoms with Crippen LogP contribution in [0.15, 0.2) is 42.5 Å². The number of fused-ring (bicyclic) bond motifs is 1. The van der Waals surface area contributed by atoms with Crippen LogP contribution in [-0.4, -0.2) is 50.1 Å². The van der Waals surface area contributed by atoms with E-state index in [4.69, 9.17) is 9.47 Å². The topological polar surface area (TPSA) is 67.9 Å². The quantitative estimate of drug-likeness (QED) is 0.709. The molecular weight excluding hydrogens is 428 g/mol. The number of hydrogen-bond acceptors (Lipinski definition) is 4. The molecule has 1 saturated heterocycles. The van der Waals surface area contributed by atoms with Crippen molar-refractivity contribution in [3.63, 3.8) is 0 Å². The van der Waals surface area contributed by atoms with Gasteiger partial charge in [-0.15, -0.1) is 0 Å². The van der Waals surface area contributed by atoms with E-state index in [0.717, 1.165) is 43.4 Å². The van der Waals surface area contributed by atoms with Gasteiger partial charge in [-0.25, -0.2) is 0 Å². The molecule has 6 nitrogen and oxygen atoms in total. The van der Waals surface area contributed by atoms with Gasteiger partial charge < -0.3 is 19.7 Å². The van der Waals surface area contributed by atoms with E-state index in [0.29, 0.717) is 50.4 Å². The number of aryl methyl sites for hydroxylation is 2. The van der Waals surface area contributed by atoms with Gasteiger partial charge in [0.1, 0.15) is 11.5 Å². The van der Waals surface area contributed by atoms with Gasteiger partial charge in [0, 0.05) is 19.6 Å². The van der Waals surface area contributed by atoms with Crippen LogP contribution in [0.25, 0.3) is 0 Å². The lowest BCUT2D eigenvalue weighted by molar-refractivity contribution is -0.134. The summed E-state index contributed by atoms with van der Waals surface area (Å²) < 4.78 is 11.5. The number of hydrogen-bond donors (Lipinski definition) is 1. The second-order valence-electron chi connectivity index (χ2n) is 9.50. The molecular formula is C28H36N2O4. The maximum atomic E-state index is 13.3. The molecule has 0 bridgehead atoms. The first-order chi connectivity index (χ1) is 16.5. The van der Waals surface area contributed by atoms with Crippen molar-refractivity contribution in [2.24, 2.45) is 5.41 Å². The number of benzene rings is 2. The smallest absolute Gasteiger partial charge is 0.257 e. The van der Waals surface area contributed by atoms with Gasteiger partial charge in [0.15, 0.2) is 0 Å². The summed E-state index contributed by atoms with van der Waals surface area (Å²) in [5.41, 5.74) is 2.36. The highest BCUT2D eigenvalue weighted by Crippen LogP contribution is 2.38. The fourth-order valence-corrected chi connectivity index (χ4v) is 5.26. The molecule has 0 saturated carbocycles. The van der Waals surface area contributed by atoms with Crippen molar-refractivity contribution in [1.29, 1.82) is 0 Å². The Morgan fingerprint density at radius 1 is 1.03 bits per heavy atom. The molecule has 0 radical (unpaired) electrons. The SMILES string of the molecule is COc1c(C)cccc1C(=O)N1CCC2(CCCCc3ccccc3OCCCNC2=O)CC1. The molecule has 2 heterocycles. The molecule has 0 unspecified atom stereocenters. The maximum Gasteiger partial charge on any atom is 0.257 e. The number of likely N-dealkylation sites (tertiary alicyclic amines) is 1. The number of nitrogens with zero attached hydrogens (tertiary/aromatic N) is 1. The summed E-state index contributed by atoms with van der Waals surface area (Å²) in [6, 6.07) is 13.9. The van der Waals surface area contributed by atoms with E-state index in [9.17, 15) is 9.59 Å². The molecule has 0 aromatic heterocycles. The molecule has 2 aromatic rings. The number of amides is 2. The zero-order chi connectivity index (χ0) is 24.0. The Morgan fingerprint density at radius 2 is 1.82 bits per heavy atom. The van der Waals surface area contributed by atoms with E-state index in [-0.39, 0.29) is 11.8 Å². The summed E-state index contributed by atoms with van der Waals surface area (Å²) >= 11 is 0. The Morgan fingerprint density at radius 3 is 2.62 bits per heavy atom. The monoisotopic (exact) mass is 464 g/mol. The van der Waals surface area contributed by atoms with Gasteiger partial charge in [-0.1, -0.05) is 36.8 Å². The lowest BCUT2D eigenvalue weighted by Gasteiger charge is -2.41. The molecule has 34 heavy (non-hydrogen) atoms. The lowest BCUT2D eigenvalue weighted by Crippen LogP contribution is -2.50. The molecule has 2 aromatic carbocycles. The molecule has 6 heteroatoms. The summed E-state index contributed by atoms with van der Waals surface area (Å²) in [4.78, 5) is 28.5. The first-order valence-electron chi connectivity index (χ1n) is 12.5. The number of rotatable bonds is 2. The van der Waals surface area contributed by atoms with Crippen LogP contribution < -0.4 is 14.8 Å². The maximum absolute atomic E-state index is 13.3. The zero-order valence-electron chi connectivity index (χ0n) is 20.4. The van der Waals surface area contributed by atoms with E-state index in [2.05, 4.69) is 17.4 Å². The highest BCUT2D eigenvalue weighted by molar-refractivity contribution is 5.97. The summed E-state index contributed by atoms with van der Waals surface area (Å²) in [7, 11) is 1.60. The Labute approximate surface area is 202 Å². The van der Waals surface area contributed by atoms with E-state index < -0.39 is 5.41 Å². The zero-order valence-corrected chi connectivity index (χ0v) is 20.4. The van der Waals surface area contributed by atoms with E-state index in [1.54, 1.807) is 7.11 Å². The van der Waals surface area contributed by atoms with Gasteiger partial charge in [-0.2, -0.15) is 0 Å². The first kappa shape index (κ1) is 24.1. The predicted octanol–water partition coefficient (Wildman–Crippen LogP) is 4.54. The van der Waals surface area contributed by atoms with Gasteiger partial charge in [-0.3, -0.25) is 9.59 Å². The number of ether oxygens (including phenoxy) is 2. The summed E-state index contributed by atoms with van der Waals surface area (Å²) in [5, 5.41) is 3.16. The molecule has 2 aliphatic heterocycles. The molecule has 0 atom stereocenters. The Balaban J connectivity index is 1.44. The first-order valence-corrected chi connectivity index (χ1v) is 12.5. The van der Waals surface area contributed by atoms with E-state index in [1.165, 1.54) is 5.56 Å². The molecule has 1 spiro atoms. The van der Waals surface area contributed by atoms with Crippen molar-refractivity contribution in [2.45, 2.75) is 51.9 Å². The fraction of sp³-hybridized carbons (Fsp3) is 0.500. The molecule has 2 amide bonds. The minimum absolute atomic E-state index is 0.0193. The van der Waals surface area contributed by atoms with Crippen molar-refractivity contribution >= 4 is 11.8 Å². The van der Waals surface area contributed by atoms with Crippen molar-refractivity contribution in [3.8, 4) is 11.5 Å². The normalized spacial score (nSPS) is 19.0. The Kier molecular flexibility index (Phi) is 7.76. The van der Waals surface area contributed by atoms with Gasteiger partial charge in [0.25, 0.3) is 5.91 Å². The fourth-order valence-electron chi connectivity index (χ4n) is 5.26. The largest absolute Gasteiger partial charge is 0.496 e. The summed E-state index contributed by atoms with van der Waals surface area (Å²) in [6.45, 7) is 4.29. The summed E-state index contributed by atoms with van der Waals surface area (Å²) in [6.07, 6.45) is 5.93. The average Bonchev–Trinajstić information content (AvgIpc) is 2.87. The number of methoxy groups -OCH3 is 1. The third-order valence-electron chi connectivity index (χ3n) is 7.32. The van der Waals surface area contributed by atoms with Crippen LogP contribution in [0.1, 0.15) is 60.0 Å². The lowest BCUT2D eigenvalue weighted by atomic mass is 9.73. The average molecular weight is 465 g/mol. The molecule has 1 fully saturated rings. The predicted molar refractivity (Wildman–Crippen MR) is 132 cm³/mol. The minimum Gasteiger partial charge on any atom is -0.496 e. The van der Waals surface area contributed by atoms with Gasteiger partial charge >= 0.3 is 0 Å². The van der Waals surface area contributed by atoms with Gasteiger partial charge in [0.05, 0.1) is 24.7 Å². The second kappa shape index (κ2) is 10.9. The number of nitrogens with one attached hydrogen (secondary N) is 1. The standard InChI is InChI=1S/C28H36N2O4/c1-21-9-7-12-23(25(21)33-2)26(31)30-18-15-28(16-19-30)14-6-5-11-22-10-3-4-13-24(22)34-20-8-17-29-27(28)32/h3-4,7,9-10,12-13H,5-6,8,11,14-20H2,1-2H3,(H,29,32). The Hall–Kier alpha value is -3.02. The van der Waals surface area contributed by atoms with Crippen LogP contribution >= 0.6 is 0 Å². The highest BCUT2D eigenvalue weighted by atomic mass is 16.5. The number of piperidine rings is 1. The van der Waals surface area contributed by atoms with Crippen LogP contribution in [0, 0.1) is 12.3 Å². The van der Waals surface area contributed by atoms with Crippen molar-refractivity contribution < 1.29 is 19.1 Å². The molecule has 4 rings (SSSR count). The molecule has 1 N–H and O–H groups in total. The number of carbonyl (C=O) groups excluding carboxylic acids is 2. The van der Waals surface area contributed by atoms with Crippen molar-refractivity contribution in [1.82, 2.24) is 10.2 Å². The highest BCUT2D eigenvalue weighted by Gasteiger charge is 2.42. The van der Waals surface area contributed by atoms with E-state index >= 15 is 0 Å². The minimum atomic E-state index is -0.415. The van der Waals surface area contributed by atoms with Crippen LogP contribution in [0.2, 0.25) is 0 Å². The molecule has 2 aliphatic rings.